The topological polar surface area (TPSA) is 78.1 Å². The van der Waals surface area contributed by atoms with E-state index in [-0.39, 0.29) is 0 Å². The normalized spacial score (nSPS) is 11.9. The number of hydrogen-bond acceptors (Lipinski definition) is 5. The smallest absolute Gasteiger partial charge is 0.227 e. The SMILES string of the molecule is CC(C)(N)c1noc(CCc2ccco2)n1. The third kappa shape index (κ3) is 2.49. The van der Waals surface area contributed by atoms with E-state index in [1.807, 2.05) is 26.0 Å². The van der Waals surface area contributed by atoms with Crippen molar-refractivity contribution in [2.24, 2.45) is 5.73 Å². The summed E-state index contributed by atoms with van der Waals surface area (Å²) < 4.78 is 10.3. The molecule has 0 fully saturated rings. The van der Waals surface area contributed by atoms with Gasteiger partial charge in [0.15, 0.2) is 5.82 Å². The second-order valence-electron chi connectivity index (χ2n) is 4.31. The van der Waals surface area contributed by atoms with Gasteiger partial charge in [-0.1, -0.05) is 5.16 Å². The highest BCUT2D eigenvalue weighted by atomic mass is 16.5. The molecule has 0 spiro atoms. The van der Waals surface area contributed by atoms with Crippen molar-refractivity contribution >= 4 is 0 Å². The Bertz CT molecular complexity index is 440. The number of furan rings is 1. The third-order valence-corrected chi connectivity index (χ3v) is 2.21. The van der Waals surface area contributed by atoms with Crippen molar-refractivity contribution in [2.75, 3.05) is 0 Å². The van der Waals surface area contributed by atoms with Gasteiger partial charge in [0.25, 0.3) is 0 Å². The molecule has 0 atom stereocenters. The fourth-order valence-electron chi connectivity index (χ4n) is 1.30. The summed E-state index contributed by atoms with van der Waals surface area (Å²) in [5.74, 6) is 2.03. The minimum Gasteiger partial charge on any atom is -0.469 e. The van der Waals surface area contributed by atoms with Crippen molar-refractivity contribution in [3.8, 4) is 0 Å². The van der Waals surface area contributed by atoms with Gasteiger partial charge in [0.2, 0.25) is 5.89 Å². The van der Waals surface area contributed by atoms with E-state index >= 15 is 0 Å². The molecule has 0 saturated heterocycles. The highest BCUT2D eigenvalue weighted by Gasteiger charge is 2.21. The van der Waals surface area contributed by atoms with Crippen molar-refractivity contribution < 1.29 is 8.94 Å². The Morgan fingerprint density at radius 3 is 2.75 bits per heavy atom. The zero-order valence-corrected chi connectivity index (χ0v) is 9.43. The Hall–Kier alpha value is -1.62. The molecule has 2 N–H and O–H groups in total. The van der Waals surface area contributed by atoms with E-state index in [2.05, 4.69) is 10.1 Å². The maximum Gasteiger partial charge on any atom is 0.227 e. The average Bonchev–Trinajstić information content (AvgIpc) is 2.85. The number of aromatic nitrogens is 2. The van der Waals surface area contributed by atoms with Crippen LogP contribution in [0.15, 0.2) is 27.3 Å². The lowest BCUT2D eigenvalue weighted by Gasteiger charge is -2.11. The number of nitrogens with two attached hydrogens (primary N) is 1. The predicted molar refractivity (Wildman–Crippen MR) is 57.6 cm³/mol. The molecule has 86 valence electrons. The molecule has 5 heteroatoms. The van der Waals surface area contributed by atoms with Crippen LogP contribution >= 0.6 is 0 Å². The van der Waals surface area contributed by atoms with Crippen LogP contribution in [-0.2, 0) is 18.4 Å². The molecule has 5 nitrogen and oxygen atoms in total. The molecule has 2 rings (SSSR count). The standard InChI is InChI=1S/C11H15N3O2/c1-11(2,12)10-13-9(16-14-10)6-5-8-4-3-7-15-8/h3-4,7H,5-6,12H2,1-2H3. The number of hydrogen-bond donors (Lipinski definition) is 1. The molecular formula is C11H15N3O2. The van der Waals surface area contributed by atoms with Gasteiger partial charge in [-0.05, 0) is 26.0 Å². The highest BCUT2D eigenvalue weighted by Crippen LogP contribution is 2.13. The zero-order valence-electron chi connectivity index (χ0n) is 9.43. The molecule has 0 aliphatic rings. The largest absolute Gasteiger partial charge is 0.469 e. The molecule has 0 radical (unpaired) electrons. The molecule has 0 saturated carbocycles. The van der Waals surface area contributed by atoms with Gasteiger partial charge in [-0.15, -0.1) is 0 Å². The summed E-state index contributed by atoms with van der Waals surface area (Å²) in [5.41, 5.74) is 5.29. The van der Waals surface area contributed by atoms with Gasteiger partial charge in [-0.3, -0.25) is 0 Å². The van der Waals surface area contributed by atoms with Crippen LogP contribution in [0.1, 0.15) is 31.3 Å². The molecule has 2 aromatic rings. The second-order valence-corrected chi connectivity index (χ2v) is 4.31. The Balaban J connectivity index is 1.98. The highest BCUT2D eigenvalue weighted by molar-refractivity contribution is 5.02. The van der Waals surface area contributed by atoms with Crippen LogP contribution in [-0.4, -0.2) is 10.1 Å². The lowest BCUT2D eigenvalue weighted by Crippen LogP contribution is -2.30. The zero-order chi connectivity index (χ0) is 11.6. The van der Waals surface area contributed by atoms with Gasteiger partial charge in [0, 0.05) is 12.8 Å². The number of aryl methyl sites for hydroxylation is 2. The predicted octanol–water partition coefficient (Wildman–Crippen LogP) is 1.64. The summed E-state index contributed by atoms with van der Waals surface area (Å²) in [6.45, 7) is 3.68. The van der Waals surface area contributed by atoms with E-state index in [4.69, 9.17) is 14.7 Å². The average molecular weight is 221 g/mol. The second kappa shape index (κ2) is 4.09. The van der Waals surface area contributed by atoms with Crippen LogP contribution < -0.4 is 5.73 Å². The molecule has 0 unspecified atom stereocenters. The third-order valence-electron chi connectivity index (χ3n) is 2.21. The van der Waals surface area contributed by atoms with E-state index in [0.717, 1.165) is 12.2 Å². The maximum atomic E-state index is 5.86. The van der Waals surface area contributed by atoms with Gasteiger partial charge in [-0.25, -0.2) is 0 Å². The number of nitrogens with zero attached hydrogens (tertiary/aromatic N) is 2. The van der Waals surface area contributed by atoms with Crippen LogP contribution in [0.25, 0.3) is 0 Å². The maximum absolute atomic E-state index is 5.86. The minimum absolute atomic E-state index is 0.530. The van der Waals surface area contributed by atoms with Crippen LogP contribution in [0.3, 0.4) is 0 Å². The first-order valence-corrected chi connectivity index (χ1v) is 5.20. The van der Waals surface area contributed by atoms with Crippen molar-refractivity contribution in [1.82, 2.24) is 10.1 Å². The fourth-order valence-corrected chi connectivity index (χ4v) is 1.30. The lowest BCUT2D eigenvalue weighted by atomic mass is 10.1. The summed E-state index contributed by atoms with van der Waals surface area (Å²) >= 11 is 0. The number of rotatable bonds is 4. The Kier molecular flexibility index (Phi) is 2.78. The summed E-state index contributed by atoms with van der Waals surface area (Å²) in [6.07, 6.45) is 3.06. The Morgan fingerprint density at radius 1 is 1.38 bits per heavy atom. The van der Waals surface area contributed by atoms with Gasteiger partial charge in [-0.2, -0.15) is 4.98 Å². The van der Waals surface area contributed by atoms with E-state index < -0.39 is 5.54 Å². The molecule has 0 aliphatic carbocycles. The molecule has 16 heavy (non-hydrogen) atoms. The van der Waals surface area contributed by atoms with Crippen molar-refractivity contribution in [2.45, 2.75) is 32.2 Å². The first kappa shape index (κ1) is 10.9. The molecule has 0 bridgehead atoms. The van der Waals surface area contributed by atoms with Gasteiger partial charge in [0.1, 0.15) is 5.76 Å². The van der Waals surface area contributed by atoms with Gasteiger partial charge < -0.3 is 14.7 Å². The molecule has 0 amide bonds. The van der Waals surface area contributed by atoms with Gasteiger partial charge in [0.05, 0.1) is 11.8 Å². The quantitative estimate of drug-likeness (QED) is 0.849. The van der Waals surface area contributed by atoms with Crippen LogP contribution in [0, 0.1) is 0 Å². The molecule has 0 aromatic carbocycles. The first-order valence-electron chi connectivity index (χ1n) is 5.20. The molecule has 2 aromatic heterocycles. The Morgan fingerprint density at radius 2 is 2.19 bits per heavy atom. The van der Waals surface area contributed by atoms with Crippen molar-refractivity contribution in [3.63, 3.8) is 0 Å². The van der Waals surface area contributed by atoms with Crippen LogP contribution in [0.4, 0.5) is 0 Å². The van der Waals surface area contributed by atoms with E-state index in [9.17, 15) is 0 Å². The van der Waals surface area contributed by atoms with Crippen LogP contribution in [0.5, 0.6) is 0 Å². The van der Waals surface area contributed by atoms with E-state index in [1.54, 1.807) is 6.26 Å². The van der Waals surface area contributed by atoms with E-state index in [0.29, 0.717) is 18.1 Å². The molecule has 2 heterocycles. The summed E-state index contributed by atoms with van der Waals surface area (Å²) in [7, 11) is 0. The fraction of sp³-hybridized carbons (Fsp3) is 0.455. The monoisotopic (exact) mass is 221 g/mol. The van der Waals surface area contributed by atoms with Crippen molar-refractivity contribution in [1.29, 1.82) is 0 Å². The Labute approximate surface area is 93.6 Å². The van der Waals surface area contributed by atoms with Gasteiger partial charge >= 0.3 is 0 Å². The molecule has 0 aliphatic heterocycles. The molecular weight excluding hydrogens is 206 g/mol. The van der Waals surface area contributed by atoms with E-state index in [1.165, 1.54) is 0 Å². The summed E-state index contributed by atoms with van der Waals surface area (Å²) in [5, 5.41) is 3.85. The minimum atomic E-state index is -0.563. The summed E-state index contributed by atoms with van der Waals surface area (Å²) in [4.78, 5) is 4.24. The van der Waals surface area contributed by atoms with Crippen molar-refractivity contribution in [3.05, 3.63) is 35.9 Å². The first-order chi connectivity index (χ1) is 7.55. The van der Waals surface area contributed by atoms with Crippen LogP contribution in [0.2, 0.25) is 0 Å². The summed E-state index contributed by atoms with van der Waals surface area (Å²) in [6, 6.07) is 3.78. The lowest BCUT2D eigenvalue weighted by molar-refractivity contribution is 0.357.